The van der Waals surface area contributed by atoms with Crippen LogP contribution in [0.1, 0.15) is 142 Å². The van der Waals surface area contributed by atoms with Gasteiger partial charge in [0.2, 0.25) is 5.91 Å². The molecule has 0 radical (unpaired) electrons. The minimum atomic E-state index is -1.98. The fraction of sp³-hybridized carbons (Fsp3) is 0.717. The minimum absolute atomic E-state index is 0.196. The van der Waals surface area contributed by atoms with Gasteiger partial charge in [-0.1, -0.05) is 156 Å². The van der Waals surface area contributed by atoms with Crippen molar-refractivity contribution in [3.05, 3.63) is 97.2 Å². The van der Waals surface area contributed by atoms with E-state index in [-0.39, 0.29) is 18.9 Å². The molecule has 3 heterocycles. The molecule has 19 nitrogen and oxygen atoms in total. The van der Waals surface area contributed by atoms with Crippen molar-refractivity contribution in [3.8, 4) is 0 Å². The number of hydrogen-bond acceptors (Lipinski definition) is 18. The molecule has 452 valence electrons. The molecule has 19 heteroatoms. The zero-order chi connectivity index (χ0) is 57.6. The molecule has 0 bridgehead atoms. The lowest BCUT2D eigenvalue weighted by atomic mass is 9.96. The molecule has 3 aliphatic heterocycles. The number of aliphatic hydroxyl groups excluding tert-OH is 11. The summed E-state index contributed by atoms with van der Waals surface area (Å²) in [5.41, 5.74) is 0. The molecular weight excluding hydrogens is 1020 g/mol. The Labute approximate surface area is 469 Å². The number of carbonyl (C=O) groups excluding carboxylic acids is 1. The number of nitrogens with one attached hydrogen (secondary N) is 1. The molecule has 3 saturated heterocycles. The third-order valence-electron chi connectivity index (χ3n) is 13.9. The van der Waals surface area contributed by atoms with Gasteiger partial charge in [0, 0.05) is 6.42 Å². The Bertz CT molecular complexity index is 1820. The maximum atomic E-state index is 13.3. The Morgan fingerprint density at radius 2 is 0.873 bits per heavy atom. The minimum Gasteiger partial charge on any atom is -0.394 e. The summed E-state index contributed by atoms with van der Waals surface area (Å²) in [6, 6.07) is -0.995. The summed E-state index contributed by atoms with van der Waals surface area (Å²) >= 11 is 0. The van der Waals surface area contributed by atoms with E-state index < -0.39 is 124 Å². The number of amides is 1. The average Bonchev–Trinajstić information content (AvgIpc) is 3.47. The maximum absolute atomic E-state index is 13.3. The smallest absolute Gasteiger partial charge is 0.220 e. The molecule has 0 aromatic rings. The molecule has 3 fully saturated rings. The molecule has 0 aliphatic carbocycles. The van der Waals surface area contributed by atoms with Crippen molar-refractivity contribution in [2.75, 3.05) is 26.4 Å². The number of ether oxygens (including phenoxy) is 6. The molecule has 3 aliphatic rings. The van der Waals surface area contributed by atoms with Crippen molar-refractivity contribution in [2.45, 2.75) is 247 Å². The Morgan fingerprint density at radius 1 is 0.468 bits per heavy atom. The Kier molecular flexibility index (Phi) is 37.7. The van der Waals surface area contributed by atoms with Gasteiger partial charge in [0.25, 0.3) is 0 Å². The average molecular weight is 1120 g/mol. The normalized spacial score (nSPS) is 31.0. The monoisotopic (exact) mass is 1120 g/mol. The van der Waals surface area contributed by atoms with E-state index in [4.69, 9.17) is 28.4 Å². The SMILES string of the molecule is CC/C=C\C/C=C\C/C=C\C/C=C\C/C=C\C/C=C\C/C=C\CCCCCC(=O)NC(COC1OC(CO)C(OC2OC(CO)C(OC3OC(CO)C(O)C(O)C3O)C(O)C2O)C(O)C1O)C(O)/C=C/CCCCCCCCC. The number of hydrogen-bond donors (Lipinski definition) is 12. The van der Waals surface area contributed by atoms with E-state index in [1.807, 2.05) is 6.08 Å². The van der Waals surface area contributed by atoms with Gasteiger partial charge in [-0.25, -0.2) is 0 Å². The first-order valence-corrected chi connectivity index (χ1v) is 29.0. The fourth-order valence-corrected chi connectivity index (χ4v) is 9.11. The zero-order valence-electron chi connectivity index (χ0n) is 46.8. The van der Waals surface area contributed by atoms with Crippen molar-refractivity contribution < 1.29 is 89.4 Å². The first-order valence-electron chi connectivity index (χ1n) is 29.0. The van der Waals surface area contributed by atoms with Crippen LogP contribution >= 0.6 is 0 Å². The Hall–Kier alpha value is -3.29. The van der Waals surface area contributed by atoms with E-state index in [9.17, 15) is 61.0 Å². The van der Waals surface area contributed by atoms with Gasteiger partial charge >= 0.3 is 0 Å². The summed E-state index contributed by atoms with van der Waals surface area (Å²) in [6.07, 6.45) is 25.5. The van der Waals surface area contributed by atoms with Gasteiger partial charge in [-0.2, -0.15) is 0 Å². The molecule has 79 heavy (non-hydrogen) atoms. The number of carbonyl (C=O) groups is 1. The second-order valence-corrected chi connectivity index (χ2v) is 20.4. The van der Waals surface area contributed by atoms with Crippen molar-refractivity contribution >= 4 is 5.91 Å². The summed E-state index contributed by atoms with van der Waals surface area (Å²) < 4.78 is 34.1. The molecule has 12 N–H and O–H groups in total. The molecule has 0 spiro atoms. The fourth-order valence-electron chi connectivity index (χ4n) is 9.11. The third-order valence-corrected chi connectivity index (χ3v) is 13.9. The predicted molar refractivity (Wildman–Crippen MR) is 300 cm³/mol. The number of unbranched alkanes of at least 4 members (excludes halogenated alkanes) is 10. The summed E-state index contributed by atoms with van der Waals surface area (Å²) in [5, 5.41) is 120. The molecule has 17 unspecified atom stereocenters. The largest absolute Gasteiger partial charge is 0.394 e. The van der Waals surface area contributed by atoms with E-state index in [0.717, 1.165) is 89.9 Å². The van der Waals surface area contributed by atoms with E-state index >= 15 is 0 Å². The Morgan fingerprint density at radius 3 is 1.37 bits per heavy atom. The molecule has 3 rings (SSSR count). The molecular formula is C60H99NO18. The predicted octanol–water partition coefficient (Wildman–Crippen LogP) is 4.59. The second-order valence-electron chi connectivity index (χ2n) is 20.4. The lowest BCUT2D eigenvalue weighted by molar-refractivity contribution is -0.379. The quantitative estimate of drug-likeness (QED) is 0.0295. The highest BCUT2D eigenvalue weighted by Crippen LogP contribution is 2.33. The number of rotatable bonds is 40. The van der Waals surface area contributed by atoms with Crippen LogP contribution in [0.3, 0.4) is 0 Å². The first kappa shape index (κ1) is 70.0. The highest BCUT2D eigenvalue weighted by Gasteiger charge is 2.53. The van der Waals surface area contributed by atoms with Gasteiger partial charge in [-0.15, -0.1) is 0 Å². The number of aliphatic hydroxyl groups is 11. The maximum Gasteiger partial charge on any atom is 0.220 e. The standard InChI is InChI=1S/C60H99NO18/c1-3-5-7-9-11-13-14-15-16-17-18-19-20-21-22-23-24-25-26-27-28-30-32-34-36-38-48(66)61-43(44(65)37-35-33-31-29-12-10-8-6-4-2)42-74-58-54(72)51(69)56(46(40-63)76-58)79-60-55(73)52(70)57(47(41-64)77-60)78-59-53(71)50(68)49(67)45(39-62)75-59/h5,7,11,13,15-16,18-19,21-22,24-25,27-28,35,37,43-47,49-60,62-65,67-73H,3-4,6,8-10,12,14,17,20,23,26,29-34,36,38-42H2,1-2H3,(H,61,66)/b7-5-,13-11-,16-15-,19-18-,22-21-,25-24-,28-27-,37-35+. The summed E-state index contributed by atoms with van der Waals surface area (Å²) in [5.74, 6) is -0.316. The van der Waals surface area contributed by atoms with Crippen LogP contribution in [-0.2, 0) is 33.2 Å². The lowest BCUT2D eigenvalue weighted by Crippen LogP contribution is -2.66. The van der Waals surface area contributed by atoms with Crippen LogP contribution in [0.25, 0.3) is 0 Å². The van der Waals surface area contributed by atoms with E-state index in [2.05, 4.69) is 104 Å². The topological polar surface area (TPSA) is 307 Å². The van der Waals surface area contributed by atoms with E-state index in [1.54, 1.807) is 6.08 Å². The molecule has 0 saturated carbocycles. The van der Waals surface area contributed by atoms with Crippen molar-refractivity contribution in [2.24, 2.45) is 0 Å². The second kappa shape index (κ2) is 42.5. The van der Waals surface area contributed by atoms with Crippen LogP contribution in [-0.4, -0.2) is 193 Å². The van der Waals surface area contributed by atoms with Crippen LogP contribution < -0.4 is 5.32 Å². The van der Waals surface area contributed by atoms with Crippen molar-refractivity contribution in [1.82, 2.24) is 5.32 Å². The Balaban J connectivity index is 1.47. The van der Waals surface area contributed by atoms with Crippen LogP contribution in [0.2, 0.25) is 0 Å². The van der Waals surface area contributed by atoms with Gasteiger partial charge in [-0.05, 0) is 77.0 Å². The zero-order valence-corrected chi connectivity index (χ0v) is 46.8. The molecule has 1 amide bonds. The van der Waals surface area contributed by atoms with Crippen LogP contribution in [0, 0.1) is 0 Å². The van der Waals surface area contributed by atoms with Crippen molar-refractivity contribution in [3.63, 3.8) is 0 Å². The molecule has 0 aromatic heterocycles. The van der Waals surface area contributed by atoms with Gasteiger partial charge < -0.3 is 89.9 Å². The van der Waals surface area contributed by atoms with Gasteiger partial charge in [0.05, 0.1) is 38.6 Å². The molecule has 0 aromatic carbocycles. The molecule has 17 atom stereocenters. The van der Waals surface area contributed by atoms with Crippen LogP contribution in [0.15, 0.2) is 97.2 Å². The summed E-state index contributed by atoms with van der Waals surface area (Å²) in [6.45, 7) is 1.50. The van der Waals surface area contributed by atoms with Gasteiger partial charge in [0.1, 0.15) is 73.2 Å². The van der Waals surface area contributed by atoms with E-state index in [0.29, 0.717) is 6.42 Å². The summed E-state index contributed by atoms with van der Waals surface area (Å²) in [7, 11) is 0. The van der Waals surface area contributed by atoms with Gasteiger partial charge in [0.15, 0.2) is 18.9 Å². The van der Waals surface area contributed by atoms with Crippen molar-refractivity contribution in [1.29, 1.82) is 0 Å². The highest BCUT2D eigenvalue weighted by molar-refractivity contribution is 5.76. The summed E-state index contributed by atoms with van der Waals surface area (Å²) in [4.78, 5) is 13.3. The lowest BCUT2D eigenvalue weighted by Gasteiger charge is -2.48. The van der Waals surface area contributed by atoms with E-state index in [1.165, 1.54) is 25.7 Å². The third kappa shape index (κ3) is 26.7. The van der Waals surface area contributed by atoms with Crippen LogP contribution in [0.4, 0.5) is 0 Å². The van der Waals surface area contributed by atoms with Gasteiger partial charge in [-0.3, -0.25) is 4.79 Å². The van der Waals surface area contributed by atoms with Crippen LogP contribution in [0.5, 0.6) is 0 Å². The highest BCUT2D eigenvalue weighted by atomic mass is 16.8. The first-order chi connectivity index (χ1) is 38.3. The number of allylic oxidation sites excluding steroid dienone is 15.